The van der Waals surface area contributed by atoms with Crippen molar-refractivity contribution >= 4 is 15.9 Å². The quantitative estimate of drug-likeness (QED) is 0.540. The topological polar surface area (TPSA) is 112 Å². The first-order chi connectivity index (χ1) is 15.8. The minimum Gasteiger partial charge on any atom is -0.502 e. The minimum absolute atomic E-state index is 0.00240. The van der Waals surface area contributed by atoms with Crippen molar-refractivity contribution in [1.82, 2.24) is 14.3 Å². The van der Waals surface area contributed by atoms with Crippen molar-refractivity contribution in [2.24, 2.45) is 0 Å². The summed E-state index contributed by atoms with van der Waals surface area (Å²) in [7, 11) is -3.44. The van der Waals surface area contributed by atoms with Crippen LogP contribution in [0, 0.1) is 0 Å². The zero-order valence-corrected chi connectivity index (χ0v) is 18.8. The fourth-order valence-corrected chi connectivity index (χ4v) is 4.40. The largest absolute Gasteiger partial charge is 0.502 e. The van der Waals surface area contributed by atoms with Crippen LogP contribution in [0.5, 0.6) is 5.75 Å². The van der Waals surface area contributed by atoms with Gasteiger partial charge in [0, 0.05) is 25.4 Å². The van der Waals surface area contributed by atoms with Crippen molar-refractivity contribution in [2.45, 2.75) is 6.04 Å². The highest BCUT2D eigenvalue weighted by Gasteiger charge is 2.36. The summed E-state index contributed by atoms with van der Waals surface area (Å²) in [5.41, 5.74) is 1.06. The molecular weight excluding hydrogens is 444 g/mol. The van der Waals surface area contributed by atoms with Gasteiger partial charge in [-0.2, -0.15) is 0 Å². The molecule has 2 aromatic carbocycles. The lowest BCUT2D eigenvalue weighted by Crippen LogP contribution is -2.56. The summed E-state index contributed by atoms with van der Waals surface area (Å²) in [4.78, 5) is 26.8. The van der Waals surface area contributed by atoms with Gasteiger partial charge >= 0.3 is 0 Å². The lowest BCUT2D eigenvalue weighted by molar-refractivity contribution is 0.0683. The molecule has 1 aliphatic heterocycles. The Bertz CT molecular complexity index is 1270. The van der Waals surface area contributed by atoms with E-state index in [0.717, 1.165) is 17.4 Å². The van der Waals surface area contributed by atoms with Crippen molar-refractivity contribution in [3.8, 4) is 5.75 Å². The smallest absolute Gasteiger partial charge is 0.277 e. The molecule has 2 heterocycles. The molecule has 0 saturated heterocycles. The average Bonchev–Trinajstić information content (AvgIpc) is 2.79. The second-order valence-electron chi connectivity index (χ2n) is 7.76. The molecule has 0 aliphatic carbocycles. The first kappa shape index (κ1) is 22.6. The lowest BCUT2D eigenvalue weighted by Gasteiger charge is -2.44. The third-order valence-electron chi connectivity index (χ3n) is 5.41. The van der Waals surface area contributed by atoms with Crippen molar-refractivity contribution in [2.75, 3.05) is 31.0 Å². The Morgan fingerprint density at radius 3 is 2.09 bits per heavy atom. The lowest BCUT2D eigenvalue weighted by atomic mass is 9.98. The first-order valence-electron chi connectivity index (χ1n) is 10.3. The van der Waals surface area contributed by atoms with Gasteiger partial charge < -0.3 is 10.0 Å². The number of carbonyl (C=O) groups excluding carboxylic acids is 1. The minimum atomic E-state index is -3.44. The van der Waals surface area contributed by atoms with E-state index in [4.69, 9.17) is 0 Å². The number of hydrogen-bond donors (Lipinski definition) is 2. The number of aromatic nitrogens is 1. The molecule has 0 atom stereocenters. The van der Waals surface area contributed by atoms with Crippen LogP contribution in [0.1, 0.15) is 27.7 Å². The molecule has 0 fully saturated rings. The number of aromatic hydroxyl groups is 1. The number of nitrogens with zero attached hydrogens (tertiary/aromatic N) is 3. The van der Waals surface area contributed by atoms with Gasteiger partial charge in [-0.15, -0.1) is 0 Å². The molecule has 0 unspecified atom stereocenters. The number of benzene rings is 2. The summed E-state index contributed by atoms with van der Waals surface area (Å²) in [6, 6.07) is 20.2. The van der Waals surface area contributed by atoms with E-state index in [2.05, 4.69) is 4.72 Å². The molecule has 33 heavy (non-hydrogen) atoms. The molecule has 1 amide bonds. The van der Waals surface area contributed by atoms with Gasteiger partial charge in [0.1, 0.15) is 6.67 Å². The molecule has 3 aromatic rings. The number of rotatable bonds is 7. The molecule has 0 radical (unpaired) electrons. The maximum absolute atomic E-state index is 13.2. The van der Waals surface area contributed by atoms with Crippen LogP contribution in [0.3, 0.4) is 0 Å². The predicted molar refractivity (Wildman–Crippen MR) is 124 cm³/mol. The third-order valence-corrected chi connectivity index (χ3v) is 6.14. The molecule has 1 aromatic heterocycles. The summed E-state index contributed by atoms with van der Waals surface area (Å²) in [5.74, 6) is -1.20. The fourth-order valence-electron chi connectivity index (χ4n) is 3.94. The Morgan fingerprint density at radius 1 is 0.970 bits per heavy atom. The molecule has 0 spiro atoms. The number of nitrogens with one attached hydrogen (secondary N) is 1. The van der Waals surface area contributed by atoms with Crippen molar-refractivity contribution in [3.05, 3.63) is 100.0 Å². The second-order valence-corrected chi connectivity index (χ2v) is 9.59. The summed E-state index contributed by atoms with van der Waals surface area (Å²) >= 11 is 0. The van der Waals surface area contributed by atoms with E-state index in [9.17, 15) is 23.1 Å². The van der Waals surface area contributed by atoms with Crippen LogP contribution in [0.15, 0.2) is 77.7 Å². The number of hydrogen-bond acceptors (Lipinski definition) is 6. The SMILES string of the molecule is CS(=O)(=O)NCCN1CN(C(c2ccccc2)c2ccccc2)n2ccc(=O)c(O)c2C1=O. The Hall–Kier alpha value is -3.63. The maximum atomic E-state index is 13.2. The van der Waals surface area contributed by atoms with Crippen LogP contribution in [0.2, 0.25) is 0 Å². The van der Waals surface area contributed by atoms with Gasteiger partial charge in [0.25, 0.3) is 5.91 Å². The highest BCUT2D eigenvalue weighted by Crippen LogP contribution is 2.31. The summed E-state index contributed by atoms with van der Waals surface area (Å²) in [6.45, 7) is 0.160. The molecule has 10 heteroatoms. The van der Waals surface area contributed by atoms with Crippen LogP contribution in [-0.4, -0.2) is 55.0 Å². The van der Waals surface area contributed by atoms with E-state index in [1.54, 1.807) is 0 Å². The highest BCUT2D eigenvalue weighted by atomic mass is 32.2. The zero-order chi connectivity index (χ0) is 23.6. The van der Waals surface area contributed by atoms with Gasteiger partial charge in [0.05, 0.1) is 12.3 Å². The molecule has 172 valence electrons. The molecule has 4 rings (SSSR count). The average molecular weight is 469 g/mol. The molecule has 2 N–H and O–H groups in total. The van der Waals surface area contributed by atoms with Crippen LogP contribution in [0.25, 0.3) is 0 Å². The molecule has 1 aliphatic rings. The number of amides is 1. The van der Waals surface area contributed by atoms with Crippen LogP contribution >= 0.6 is 0 Å². The number of fused-ring (bicyclic) bond motifs is 1. The molecule has 0 bridgehead atoms. The first-order valence-corrected chi connectivity index (χ1v) is 12.2. The normalized spacial score (nSPS) is 13.9. The molecule has 9 nitrogen and oxygen atoms in total. The Kier molecular flexibility index (Phi) is 6.21. The van der Waals surface area contributed by atoms with E-state index in [1.807, 2.05) is 65.7 Å². The maximum Gasteiger partial charge on any atom is 0.277 e. The molecule has 0 saturated carbocycles. The van der Waals surface area contributed by atoms with Crippen molar-refractivity contribution in [3.63, 3.8) is 0 Å². The van der Waals surface area contributed by atoms with E-state index in [-0.39, 0.29) is 31.5 Å². The monoisotopic (exact) mass is 468 g/mol. The van der Waals surface area contributed by atoms with Gasteiger partial charge in [-0.3, -0.25) is 19.3 Å². The fraction of sp³-hybridized carbons (Fsp3) is 0.217. The standard InChI is InChI=1S/C23H24N4O5S/c1-33(31,32)24-13-15-25-16-27(26-14-12-19(28)22(29)21(26)23(25)30)20(17-8-4-2-5-9-17)18-10-6-3-7-11-18/h2-12,14,20,24,29H,13,15-16H2,1H3. The summed E-state index contributed by atoms with van der Waals surface area (Å²) < 4.78 is 26.8. The highest BCUT2D eigenvalue weighted by molar-refractivity contribution is 7.88. The van der Waals surface area contributed by atoms with Gasteiger partial charge in [0.2, 0.25) is 15.5 Å². The number of pyridine rings is 1. The Balaban J connectivity index is 1.83. The zero-order valence-electron chi connectivity index (χ0n) is 18.0. The second kappa shape index (κ2) is 9.08. The third kappa shape index (κ3) is 4.76. The van der Waals surface area contributed by atoms with Crippen LogP contribution < -0.4 is 15.2 Å². The van der Waals surface area contributed by atoms with Crippen molar-refractivity contribution < 1.29 is 18.3 Å². The Morgan fingerprint density at radius 2 is 1.55 bits per heavy atom. The van der Waals surface area contributed by atoms with Crippen LogP contribution in [-0.2, 0) is 10.0 Å². The number of carbonyl (C=O) groups is 1. The van der Waals surface area contributed by atoms with E-state index >= 15 is 0 Å². The van der Waals surface area contributed by atoms with E-state index in [1.165, 1.54) is 21.8 Å². The van der Waals surface area contributed by atoms with Crippen molar-refractivity contribution in [1.29, 1.82) is 0 Å². The van der Waals surface area contributed by atoms with Gasteiger partial charge in [0.15, 0.2) is 11.4 Å². The predicted octanol–water partition coefficient (Wildman–Crippen LogP) is 1.24. The van der Waals surface area contributed by atoms with Gasteiger partial charge in [-0.25, -0.2) is 13.1 Å². The summed E-state index contributed by atoms with van der Waals surface area (Å²) in [5, 5.41) is 12.4. The van der Waals surface area contributed by atoms with Gasteiger partial charge in [-0.1, -0.05) is 60.7 Å². The summed E-state index contributed by atoms with van der Waals surface area (Å²) in [6.07, 6.45) is 2.51. The number of sulfonamides is 1. The van der Waals surface area contributed by atoms with E-state index in [0.29, 0.717) is 0 Å². The van der Waals surface area contributed by atoms with Gasteiger partial charge in [-0.05, 0) is 11.1 Å². The Labute approximate surface area is 191 Å². The van der Waals surface area contributed by atoms with Crippen LogP contribution in [0.4, 0.5) is 0 Å². The molecular formula is C23H24N4O5S. The van der Waals surface area contributed by atoms with E-state index < -0.39 is 27.1 Å².